The fourth-order valence-corrected chi connectivity index (χ4v) is 6.18. The van der Waals surface area contributed by atoms with E-state index in [0.29, 0.717) is 18.0 Å². The Bertz CT molecular complexity index is 1180. The monoisotopic (exact) mass is 486 g/mol. The maximum absolute atomic E-state index is 12.8. The van der Waals surface area contributed by atoms with Gasteiger partial charge in [-0.1, -0.05) is 11.3 Å². The second-order valence-electron chi connectivity index (χ2n) is 9.30. The molecule has 176 valence electrons. The molecule has 0 unspecified atom stereocenters. The van der Waals surface area contributed by atoms with Crippen LogP contribution in [0.2, 0.25) is 0 Å². The van der Waals surface area contributed by atoms with Gasteiger partial charge in [-0.3, -0.25) is 4.79 Å². The Morgan fingerprint density at radius 1 is 1.21 bits per heavy atom. The van der Waals surface area contributed by atoms with E-state index in [9.17, 15) is 4.79 Å². The van der Waals surface area contributed by atoms with Gasteiger partial charge in [-0.15, -0.1) is 11.8 Å². The first-order chi connectivity index (χ1) is 16.1. The number of likely N-dealkylation sites (tertiary alicyclic amines) is 1. The molecular weight excluding hydrogens is 456 g/mol. The molecule has 4 heterocycles. The van der Waals surface area contributed by atoms with Gasteiger partial charge in [0, 0.05) is 50.9 Å². The largest absolute Gasteiger partial charge is 0.380 e. The van der Waals surface area contributed by atoms with Gasteiger partial charge in [0.1, 0.15) is 0 Å². The molecule has 2 aromatic heterocycles. The standard InChI is InChI=1S/C23H26N6O2S2.2H2/c1-32-17-8-24-21(25-9-17)26-15-3-4-16(7-15)27-22-28-18-5-2-14(6-19(18)33-22)20(30)29-10-23(11-29)12-31-13-23;;/h2,5-6,8-9,15-16H,3-4,7,10-13H2,1H3,(H,27,28)(H,24,25,26);2*1H/t15-,16-;;/m0../s1. The minimum absolute atomic E-state index is 0. The zero-order valence-electron chi connectivity index (χ0n) is 18.4. The minimum Gasteiger partial charge on any atom is -0.380 e. The van der Waals surface area contributed by atoms with Gasteiger partial charge in [-0.05, 0) is 43.7 Å². The van der Waals surface area contributed by atoms with E-state index in [4.69, 9.17) is 9.72 Å². The molecule has 6 rings (SSSR count). The Morgan fingerprint density at radius 2 is 1.97 bits per heavy atom. The number of benzene rings is 1. The van der Waals surface area contributed by atoms with E-state index in [0.717, 1.165) is 71.4 Å². The first-order valence-electron chi connectivity index (χ1n) is 11.3. The molecular formula is C23H30N6O2S2. The number of ether oxygens (including phenoxy) is 1. The van der Waals surface area contributed by atoms with Gasteiger partial charge in [-0.2, -0.15) is 0 Å². The van der Waals surface area contributed by atoms with Crippen LogP contribution in [0.1, 0.15) is 32.5 Å². The van der Waals surface area contributed by atoms with Crippen molar-refractivity contribution in [2.45, 2.75) is 36.2 Å². The fourth-order valence-electron chi connectivity index (χ4n) is 4.88. The van der Waals surface area contributed by atoms with Crippen molar-refractivity contribution in [3.63, 3.8) is 0 Å². The summed E-state index contributed by atoms with van der Waals surface area (Å²) in [5.41, 5.74) is 1.91. The Hall–Kier alpha value is -2.43. The number of amides is 1. The number of nitrogens with one attached hydrogen (secondary N) is 2. The van der Waals surface area contributed by atoms with Gasteiger partial charge < -0.3 is 20.3 Å². The van der Waals surface area contributed by atoms with Gasteiger partial charge in [0.05, 0.1) is 28.8 Å². The fraction of sp³-hybridized carbons (Fsp3) is 0.478. The molecule has 2 atom stereocenters. The van der Waals surface area contributed by atoms with Crippen molar-refractivity contribution in [1.82, 2.24) is 19.9 Å². The van der Waals surface area contributed by atoms with Gasteiger partial charge in [0.15, 0.2) is 5.13 Å². The van der Waals surface area contributed by atoms with Crippen molar-refractivity contribution < 1.29 is 12.4 Å². The van der Waals surface area contributed by atoms with Crippen LogP contribution in [0.5, 0.6) is 0 Å². The van der Waals surface area contributed by atoms with Crippen LogP contribution in [0.15, 0.2) is 35.5 Å². The lowest BCUT2D eigenvalue weighted by Crippen LogP contribution is -2.67. The van der Waals surface area contributed by atoms with E-state index >= 15 is 0 Å². The number of hydrogen-bond acceptors (Lipinski definition) is 9. The quantitative estimate of drug-likeness (QED) is 0.501. The number of carbonyl (C=O) groups excluding carboxylic acids is 1. The highest BCUT2D eigenvalue weighted by Gasteiger charge is 2.50. The van der Waals surface area contributed by atoms with E-state index in [1.807, 2.05) is 41.7 Å². The van der Waals surface area contributed by atoms with E-state index < -0.39 is 0 Å². The average molecular weight is 487 g/mol. The predicted molar refractivity (Wildman–Crippen MR) is 135 cm³/mol. The third kappa shape index (κ3) is 4.15. The Labute approximate surface area is 203 Å². The van der Waals surface area contributed by atoms with Crippen molar-refractivity contribution in [1.29, 1.82) is 0 Å². The average Bonchev–Trinajstić information content (AvgIpc) is 3.37. The van der Waals surface area contributed by atoms with E-state index in [1.165, 1.54) is 0 Å². The van der Waals surface area contributed by atoms with Crippen LogP contribution >= 0.6 is 23.1 Å². The van der Waals surface area contributed by atoms with Crippen molar-refractivity contribution in [3.05, 3.63) is 36.2 Å². The lowest BCUT2D eigenvalue weighted by molar-refractivity contribution is -0.176. The molecule has 1 amide bonds. The molecule has 1 spiro atoms. The summed E-state index contributed by atoms with van der Waals surface area (Å²) in [7, 11) is 0. The summed E-state index contributed by atoms with van der Waals surface area (Å²) in [5, 5.41) is 7.96. The van der Waals surface area contributed by atoms with Gasteiger partial charge in [0.25, 0.3) is 5.91 Å². The summed E-state index contributed by atoms with van der Waals surface area (Å²) < 4.78 is 6.35. The van der Waals surface area contributed by atoms with Crippen LogP contribution in [0, 0.1) is 5.41 Å². The van der Waals surface area contributed by atoms with Crippen LogP contribution in [-0.2, 0) is 4.74 Å². The second kappa shape index (κ2) is 8.41. The maximum atomic E-state index is 12.8. The van der Waals surface area contributed by atoms with Gasteiger partial charge in [0.2, 0.25) is 5.95 Å². The van der Waals surface area contributed by atoms with Crippen LogP contribution in [-0.4, -0.2) is 70.4 Å². The summed E-state index contributed by atoms with van der Waals surface area (Å²) >= 11 is 3.26. The van der Waals surface area contributed by atoms with Crippen LogP contribution in [0.25, 0.3) is 10.2 Å². The molecule has 3 fully saturated rings. The first kappa shape index (κ1) is 21.1. The third-order valence-electron chi connectivity index (χ3n) is 6.75. The van der Waals surface area contributed by atoms with Crippen molar-refractivity contribution >= 4 is 50.3 Å². The van der Waals surface area contributed by atoms with Crippen molar-refractivity contribution in [2.24, 2.45) is 5.41 Å². The molecule has 3 aliphatic rings. The minimum atomic E-state index is 0. The molecule has 2 N–H and O–H groups in total. The topological polar surface area (TPSA) is 92.3 Å². The molecule has 1 aromatic carbocycles. The number of thioether (sulfide) groups is 1. The molecule has 2 saturated heterocycles. The highest BCUT2D eigenvalue weighted by Crippen LogP contribution is 2.38. The van der Waals surface area contributed by atoms with Crippen molar-refractivity contribution in [3.8, 4) is 0 Å². The highest BCUT2D eigenvalue weighted by atomic mass is 32.2. The highest BCUT2D eigenvalue weighted by molar-refractivity contribution is 7.98. The summed E-state index contributed by atoms with van der Waals surface area (Å²) in [6.07, 6.45) is 8.86. The Morgan fingerprint density at radius 3 is 2.67 bits per heavy atom. The van der Waals surface area contributed by atoms with Crippen LogP contribution in [0.3, 0.4) is 0 Å². The number of carbonyl (C=O) groups is 1. The van der Waals surface area contributed by atoms with E-state index in [1.54, 1.807) is 23.1 Å². The van der Waals surface area contributed by atoms with Gasteiger partial charge >= 0.3 is 0 Å². The lowest BCUT2D eigenvalue weighted by atomic mass is 9.78. The van der Waals surface area contributed by atoms with Crippen LogP contribution in [0.4, 0.5) is 11.1 Å². The maximum Gasteiger partial charge on any atom is 0.253 e. The molecule has 1 aliphatic carbocycles. The van der Waals surface area contributed by atoms with E-state index in [-0.39, 0.29) is 14.2 Å². The molecule has 10 heteroatoms. The summed E-state index contributed by atoms with van der Waals surface area (Å²) in [6, 6.07) is 6.55. The summed E-state index contributed by atoms with van der Waals surface area (Å²) in [6.45, 7) is 3.19. The summed E-state index contributed by atoms with van der Waals surface area (Å²) in [4.78, 5) is 29.4. The number of thiazole rings is 1. The zero-order chi connectivity index (χ0) is 22.4. The normalized spacial score (nSPS) is 23.4. The van der Waals surface area contributed by atoms with Gasteiger partial charge in [-0.25, -0.2) is 15.0 Å². The lowest BCUT2D eigenvalue weighted by Gasteiger charge is -2.54. The van der Waals surface area contributed by atoms with E-state index in [2.05, 4.69) is 20.6 Å². The molecule has 33 heavy (non-hydrogen) atoms. The Kier molecular flexibility index (Phi) is 5.38. The van der Waals surface area contributed by atoms with Crippen molar-refractivity contribution in [2.75, 3.05) is 43.2 Å². The molecule has 8 nitrogen and oxygen atoms in total. The third-order valence-corrected chi connectivity index (χ3v) is 8.38. The molecule has 0 radical (unpaired) electrons. The number of aromatic nitrogens is 3. The number of fused-ring (bicyclic) bond motifs is 1. The zero-order valence-corrected chi connectivity index (χ0v) is 20.0. The number of hydrogen-bond donors (Lipinski definition) is 2. The molecule has 1 saturated carbocycles. The number of nitrogens with zero attached hydrogens (tertiary/aromatic N) is 4. The first-order valence-corrected chi connectivity index (χ1v) is 13.3. The number of anilines is 2. The molecule has 0 bridgehead atoms. The van der Waals surface area contributed by atoms with Crippen LogP contribution < -0.4 is 10.6 Å². The SMILES string of the molecule is CSc1cnc(N[C@H]2CC[C@H](Nc3nc4ccc(C(=O)N5CC6(COC6)C5)cc4s3)C2)nc1.[HH].[HH]. The smallest absolute Gasteiger partial charge is 0.253 e. The number of rotatable bonds is 6. The Balaban J connectivity index is 0.00000144. The second-order valence-corrected chi connectivity index (χ2v) is 11.2. The summed E-state index contributed by atoms with van der Waals surface area (Å²) in [5.74, 6) is 0.795. The molecule has 3 aromatic rings. The predicted octanol–water partition coefficient (Wildman–Crippen LogP) is 4.22. The molecule has 2 aliphatic heterocycles.